The van der Waals surface area contributed by atoms with E-state index in [1.54, 1.807) is 0 Å². The van der Waals surface area contributed by atoms with E-state index in [9.17, 15) is 15.3 Å². The molecule has 3 heteroatoms. The maximum absolute atomic E-state index is 13.1. The highest BCUT2D eigenvalue weighted by molar-refractivity contribution is 5.56. The molecule has 3 N–H and O–H groups in total. The summed E-state index contributed by atoms with van der Waals surface area (Å²) in [5, 5.41) is 38.8. The van der Waals surface area contributed by atoms with E-state index >= 15 is 0 Å². The van der Waals surface area contributed by atoms with Crippen molar-refractivity contribution >= 4 is 0 Å². The van der Waals surface area contributed by atoms with Crippen LogP contribution in [0, 0.1) is 0 Å². The zero-order valence-corrected chi connectivity index (χ0v) is 37.0. The van der Waals surface area contributed by atoms with Crippen LogP contribution in [0.2, 0.25) is 0 Å². The zero-order valence-electron chi connectivity index (χ0n) is 37.0. The molecule has 3 unspecified atom stereocenters. The van der Waals surface area contributed by atoms with Crippen molar-refractivity contribution in [2.24, 2.45) is 0 Å². The maximum atomic E-state index is 13.1. The first kappa shape index (κ1) is 43.5. The van der Waals surface area contributed by atoms with Gasteiger partial charge in [-0.15, -0.1) is 0 Å². The largest absolute Gasteiger partial charge is 0.384 e. The van der Waals surface area contributed by atoms with Crippen LogP contribution in [-0.4, -0.2) is 15.3 Å². The predicted molar refractivity (Wildman–Crippen MR) is 230 cm³/mol. The van der Waals surface area contributed by atoms with Crippen LogP contribution in [0.1, 0.15) is 210 Å². The minimum Gasteiger partial charge on any atom is -0.384 e. The summed E-state index contributed by atoms with van der Waals surface area (Å²) < 4.78 is 0. The normalized spacial score (nSPS) is 15.3. The molecular weight excluding hydrogens is 661 g/mol. The summed E-state index contributed by atoms with van der Waals surface area (Å²) in [5.74, 6) is 0. The predicted octanol–water partition coefficient (Wildman–Crippen LogP) is 12.7. The summed E-state index contributed by atoms with van der Waals surface area (Å²) in [6.45, 7) is 39.8. The third kappa shape index (κ3) is 8.75. The first-order valence-corrected chi connectivity index (χ1v) is 20.0. The first-order valence-electron chi connectivity index (χ1n) is 20.0. The van der Waals surface area contributed by atoms with Crippen LogP contribution in [-0.2, 0) is 32.5 Å². The van der Waals surface area contributed by atoms with Gasteiger partial charge in [0, 0.05) is 0 Å². The number of benzene rings is 4. The van der Waals surface area contributed by atoms with E-state index in [1.165, 1.54) is 16.7 Å². The van der Waals surface area contributed by atoms with Crippen LogP contribution in [0.15, 0.2) is 72.8 Å². The summed E-state index contributed by atoms with van der Waals surface area (Å²) in [4.78, 5) is 0. The second-order valence-corrected chi connectivity index (χ2v) is 21.9. The van der Waals surface area contributed by atoms with Crippen molar-refractivity contribution in [3.63, 3.8) is 0 Å². The van der Waals surface area contributed by atoms with Crippen molar-refractivity contribution in [2.75, 3.05) is 0 Å². The van der Waals surface area contributed by atoms with Gasteiger partial charge >= 0.3 is 0 Å². The Morgan fingerprint density at radius 2 is 0.519 bits per heavy atom. The molecule has 0 amide bonds. The standard InChI is InChI=1S/C51H72O3/c1-46(2,3)36-28-20-25-33(40(36)49(10,11)12)43(52)31-23-19-24-32(44(53)34-26-21-29-37(47(4,5)6)41(34)50(13,14)15)39(31)45(54)35-27-22-30-38(48(7,8)9)42(35)51(16,17)18/h19-30,43-45,52-54H,1-18H3. The molecule has 0 aliphatic rings. The average molecular weight is 733 g/mol. The Morgan fingerprint density at radius 3 is 0.759 bits per heavy atom. The maximum Gasteiger partial charge on any atom is 0.105 e. The summed E-state index contributed by atoms with van der Waals surface area (Å²) in [7, 11) is 0. The Balaban J connectivity index is 2.19. The van der Waals surface area contributed by atoms with E-state index in [0.29, 0.717) is 16.7 Å². The van der Waals surface area contributed by atoms with Gasteiger partial charge in [-0.25, -0.2) is 0 Å². The van der Waals surface area contributed by atoms with E-state index in [-0.39, 0.29) is 32.5 Å². The van der Waals surface area contributed by atoms with E-state index < -0.39 is 18.3 Å². The molecule has 0 saturated carbocycles. The zero-order chi connectivity index (χ0) is 41.1. The van der Waals surface area contributed by atoms with Crippen molar-refractivity contribution in [3.8, 4) is 0 Å². The molecule has 0 fully saturated rings. The fourth-order valence-electron chi connectivity index (χ4n) is 8.67. The third-order valence-electron chi connectivity index (χ3n) is 10.9. The molecule has 0 radical (unpaired) electrons. The highest BCUT2D eigenvalue weighted by Crippen LogP contribution is 2.47. The quantitative estimate of drug-likeness (QED) is 0.185. The Bertz CT molecular complexity index is 1850. The van der Waals surface area contributed by atoms with Gasteiger partial charge in [0.1, 0.15) is 18.3 Å². The molecule has 4 aromatic carbocycles. The minimum atomic E-state index is -1.13. The fraction of sp³-hybridized carbons (Fsp3) is 0.529. The van der Waals surface area contributed by atoms with Crippen LogP contribution < -0.4 is 0 Å². The number of hydrogen-bond donors (Lipinski definition) is 3. The Labute approximate surface area is 329 Å². The molecular formula is C51H72O3. The summed E-state index contributed by atoms with van der Waals surface area (Å²) >= 11 is 0. The molecule has 3 nitrogen and oxygen atoms in total. The molecule has 294 valence electrons. The lowest BCUT2D eigenvalue weighted by atomic mass is 9.70. The van der Waals surface area contributed by atoms with Crippen molar-refractivity contribution in [1.82, 2.24) is 0 Å². The lowest BCUT2D eigenvalue weighted by Crippen LogP contribution is -2.27. The molecule has 0 heterocycles. The summed E-state index contributed by atoms with van der Waals surface area (Å²) in [5.41, 5.74) is 9.69. The summed E-state index contributed by atoms with van der Waals surface area (Å²) in [6.07, 6.45) is -3.26. The minimum absolute atomic E-state index is 0.158. The monoisotopic (exact) mass is 733 g/mol. The molecule has 4 aromatic rings. The van der Waals surface area contributed by atoms with Gasteiger partial charge in [0.2, 0.25) is 0 Å². The molecule has 0 bridgehead atoms. The smallest absolute Gasteiger partial charge is 0.105 e. The fourth-order valence-corrected chi connectivity index (χ4v) is 8.67. The number of aliphatic hydroxyl groups excluding tert-OH is 3. The van der Waals surface area contributed by atoms with Gasteiger partial charge in [-0.1, -0.05) is 197 Å². The lowest BCUT2D eigenvalue weighted by molar-refractivity contribution is 0.181. The second kappa shape index (κ2) is 14.7. The molecule has 0 aliphatic carbocycles. The van der Waals surface area contributed by atoms with Crippen LogP contribution in [0.5, 0.6) is 0 Å². The van der Waals surface area contributed by atoms with Crippen LogP contribution in [0.25, 0.3) is 0 Å². The van der Waals surface area contributed by atoms with Gasteiger partial charge in [-0.05, 0) is 99.3 Å². The Morgan fingerprint density at radius 1 is 0.296 bits per heavy atom. The molecule has 0 aromatic heterocycles. The molecule has 0 aliphatic heterocycles. The van der Waals surface area contributed by atoms with Gasteiger partial charge in [-0.3, -0.25) is 0 Å². The Kier molecular flexibility index (Phi) is 11.8. The van der Waals surface area contributed by atoms with Gasteiger partial charge in [-0.2, -0.15) is 0 Å². The highest BCUT2D eigenvalue weighted by atomic mass is 16.3. The van der Waals surface area contributed by atoms with E-state index in [1.807, 2.05) is 54.6 Å². The van der Waals surface area contributed by atoms with Crippen molar-refractivity contribution in [2.45, 2.75) is 175 Å². The SMILES string of the molecule is CC(C)(C)c1cccc(C(O)c2cccc(C(O)c3cccc(C(C)(C)C)c3C(C)(C)C)c2C(O)c2cccc(C(C)(C)C)c2C(C)(C)C)c1C(C)(C)C. The molecule has 4 rings (SSSR count). The number of aliphatic hydroxyl groups is 3. The van der Waals surface area contributed by atoms with Crippen molar-refractivity contribution < 1.29 is 15.3 Å². The summed E-state index contributed by atoms with van der Waals surface area (Å²) in [6, 6.07) is 24.6. The van der Waals surface area contributed by atoms with Gasteiger partial charge in [0.15, 0.2) is 0 Å². The van der Waals surface area contributed by atoms with Gasteiger partial charge in [0.25, 0.3) is 0 Å². The molecule has 54 heavy (non-hydrogen) atoms. The first-order chi connectivity index (χ1) is 24.4. The molecule has 3 atom stereocenters. The second-order valence-electron chi connectivity index (χ2n) is 21.9. The van der Waals surface area contributed by atoms with E-state index in [4.69, 9.17) is 0 Å². The van der Waals surface area contributed by atoms with Gasteiger partial charge < -0.3 is 15.3 Å². The lowest BCUT2D eigenvalue weighted by Gasteiger charge is -2.36. The average Bonchev–Trinajstić information content (AvgIpc) is 3.03. The number of hydrogen-bond acceptors (Lipinski definition) is 3. The van der Waals surface area contributed by atoms with Crippen LogP contribution in [0.3, 0.4) is 0 Å². The van der Waals surface area contributed by atoms with Gasteiger partial charge in [0.05, 0.1) is 0 Å². The Hall–Kier alpha value is -3.24. The van der Waals surface area contributed by atoms with Crippen LogP contribution >= 0.6 is 0 Å². The van der Waals surface area contributed by atoms with Crippen LogP contribution in [0.4, 0.5) is 0 Å². The molecule has 0 saturated heterocycles. The highest BCUT2D eigenvalue weighted by Gasteiger charge is 2.37. The topological polar surface area (TPSA) is 60.7 Å². The van der Waals surface area contributed by atoms with E-state index in [0.717, 1.165) is 33.4 Å². The van der Waals surface area contributed by atoms with Crippen molar-refractivity contribution in [1.29, 1.82) is 0 Å². The van der Waals surface area contributed by atoms with E-state index in [2.05, 4.69) is 143 Å². The number of rotatable bonds is 6. The third-order valence-corrected chi connectivity index (χ3v) is 10.9. The van der Waals surface area contributed by atoms with Crippen molar-refractivity contribution in [3.05, 3.63) is 140 Å². The molecule has 0 spiro atoms.